The quantitative estimate of drug-likeness (QED) is 0.497. The van der Waals surface area contributed by atoms with Crippen molar-refractivity contribution in [2.75, 3.05) is 0 Å². The number of benzene rings is 1. The highest BCUT2D eigenvalue weighted by atomic mass is 79.9. The summed E-state index contributed by atoms with van der Waals surface area (Å²) in [5.74, 6) is 1.23. The number of alkyl halides is 3. The van der Waals surface area contributed by atoms with E-state index in [-0.39, 0.29) is 0 Å². The van der Waals surface area contributed by atoms with Crippen molar-refractivity contribution >= 4 is 38.9 Å². The van der Waals surface area contributed by atoms with Crippen LogP contribution in [-0.4, -0.2) is 14.8 Å². The van der Waals surface area contributed by atoms with E-state index < -0.39 is 11.7 Å². The third-order valence-corrected chi connectivity index (χ3v) is 6.35. The summed E-state index contributed by atoms with van der Waals surface area (Å²) < 4.78 is 40.3. The molecule has 0 radical (unpaired) electrons. The summed E-state index contributed by atoms with van der Waals surface area (Å²) in [6.07, 6.45) is -4.36. The fraction of sp³-hybridized carbons (Fsp3) is 0.200. The summed E-state index contributed by atoms with van der Waals surface area (Å²) in [7, 11) is 1.76. The molecule has 0 aliphatic carbocycles. The van der Waals surface area contributed by atoms with Crippen molar-refractivity contribution in [2.45, 2.75) is 13.1 Å². The zero-order chi connectivity index (χ0) is 17.6. The first-order valence-corrected chi connectivity index (χ1v) is 8.70. The summed E-state index contributed by atoms with van der Waals surface area (Å²) in [6.45, 7) is 1.77. The molecule has 0 spiro atoms. The Morgan fingerprint density at radius 3 is 2.29 bits per heavy atom. The molecule has 9 heteroatoms. The number of rotatable bonds is 2. The number of nitrogens with zero attached hydrogens (tertiary/aromatic N) is 3. The molecule has 0 aliphatic heterocycles. The SMILES string of the molecule is Cc1nc(-c2sc(-c3ccc(C(F)(F)F)cc3)c(Br)c2Cl)n(C)n1. The van der Waals surface area contributed by atoms with Gasteiger partial charge >= 0.3 is 6.18 Å². The molecule has 0 atom stereocenters. The zero-order valence-corrected chi connectivity index (χ0v) is 15.6. The summed E-state index contributed by atoms with van der Waals surface area (Å²) >= 11 is 11.2. The van der Waals surface area contributed by atoms with Gasteiger partial charge in [-0.05, 0) is 40.5 Å². The first-order chi connectivity index (χ1) is 11.2. The Kier molecular flexibility index (Phi) is 4.48. The molecule has 0 amide bonds. The Morgan fingerprint density at radius 2 is 1.79 bits per heavy atom. The van der Waals surface area contributed by atoms with E-state index in [1.807, 2.05) is 0 Å². The van der Waals surface area contributed by atoms with E-state index in [1.165, 1.54) is 23.5 Å². The van der Waals surface area contributed by atoms with E-state index in [0.29, 0.717) is 31.6 Å². The van der Waals surface area contributed by atoms with Gasteiger partial charge in [0.05, 0.1) is 24.8 Å². The van der Waals surface area contributed by atoms with Crippen molar-refractivity contribution in [1.82, 2.24) is 14.8 Å². The number of hydrogen-bond acceptors (Lipinski definition) is 3. The number of hydrogen-bond donors (Lipinski definition) is 0. The van der Waals surface area contributed by atoms with Gasteiger partial charge in [0.25, 0.3) is 0 Å². The van der Waals surface area contributed by atoms with E-state index in [9.17, 15) is 13.2 Å². The second-order valence-corrected chi connectivity index (χ2v) is 7.26. The van der Waals surface area contributed by atoms with E-state index in [2.05, 4.69) is 26.0 Å². The lowest BCUT2D eigenvalue weighted by Crippen LogP contribution is -2.03. The van der Waals surface area contributed by atoms with E-state index in [4.69, 9.17) is 11.6 Å². The maximum Gasteiger partial charge on any atom is 0.416 e. The molecular weight excluding hydrogens is 427 g/mol. The lowest BCUT2D eigenvalue weighted by Gasteiger charge is -2.07. The van der Waals surface area contributed by atoms with Crippen LogP contribution in [0, 0.1) is 6.92 Å². The van der Waals surface area contributed by atoms with Crippen LogP contribution in [0.5, 0.6) is 0 Å². The molecule has 2 heterocycles. The van der Waals surface area contributed by atoms with E-state index in [0.717, 1.165) is 17.0 Å². The summed E-state index contributed by atoms with van der Waals surface area (Å²) in [5, 5.41) is 4.66. The molecule has 0 saturated heterocycles. The van der Waals surface area contributed by atoms with Gasteiger partial charge in [0.1, 0.15) is 5.82 Å². The van der Waals surface area contributed by atoms with Crippen LogP contribution in [-0.2, 0) is 13.2 Å². The van der Waals surface area contributed by atoms with Crippen LogP contribution in [0.15, 0.2) is 28.7 Å². The van der Waals surface area contributed by atoms with Crippen molar-refractivity contribution in [1.29, 1.82) is 0 Å². The van der Waals surface area contributed by atoms with Gasteiger partial charge in [-0.15, -0.1) is 11.3 Å². The second-order valence-electron chi connectivity index (χ2n) is 5.07. The van der Waals surface area contributed by atoms with E-state index >= 15 is 0 Å². The Bertz CT molecular complexity index is 900. The van der Waals surface area contributed by atoms with E-state index in [1.54, 1.807) is 18.7 Å². The predicted octanol–water partition coefficient (Wildman–Crippen LogP) is 5.95. The lowest BCUT2D eigenvalue weighted by molar-refractivity contribution is -0.137. The average Bonchev–Trinajstić information content (AvgIpc) is 2.99. The van der Waals surface area contributed by atoms with Crippen LogP contribution in [0.1, 0.15) is 11.4 Å². The largest absolute Gasteiger partial charge is 0.416 e. The Balaban J connectivity index is 2.07. The predicted molar refractivity (Wildman–Crippen MR) is 92.2 cm³/mol. The topological polar surface area (TPSA) is 30.7 Å². The van der Waals surface area contributed by atoms with Crippen LogP contribution in [0.4, 0.5) is 13.2 Å². The van der Waals surface area contributed by atoms with Gasteiger partial charge in [0.15, 0.2) is 5.82 Å². The van der Waals surface area contributed by atoms with Gasteiger partial charge < -0.3 is 0 Å². The molecule has 0 bridgehead atoms. The van der Waals surface area contributed by atoms with Crippen LogP contribution in [0.3, 0.4) is 0 Å². The standard InChI is InChI=1S/C15H10BrClF3N3S/c1-7-21-14(23(2)22-7)13-11(17)10(16)12(24-13)8-3-5-9(6-4-8)15(18,19)20/h3-6H,1-2H3. The smallest absolute Gasteiger partial charge is 0.248 e. The Labute approximate surface area is 153 Å². The highest BCUT2D eigenvalue weighted by molar-refractivity contribution is 9.10. The molecule has 1 aromatic carbocycles. The number of thiophene rings is 1. The number of aryl methyl sites for hydroxylation is 2. The maximum atomic E-state index is 12.7. The molecular formula is C15H10BrClF3N3S. The minimum Gasteiger partial charge on any atom is -0.248 e. The van der Waals surface area contributed by atoms with Crippen molar-refractivity contribution in [3.05, 3.63) is 45.1 Å². The van der Waals surface area contributed by atoms with Crippen molar-refractivity contribution in [3.63, 3.8) is 0 Å². The van der Waals surface area contributed by atoms with Gasteiger partial charge in [-0.2, -0.15) is 18.3 Å². The molecule has 3 aromatic rings. The summed E-state index contributed by atoms with van der Waals surface area (Å²) in [4.78, 5) is 5.79. The second kappa shape index (κ2) is 6.16. The zero-order valence-electron chi connectivity index (χ0n) is 12.4. The van der Waals surface area contributed by atoms with Crippen molar-refractivity contribution < 1.29 is 13.2 Å². The van der Waals surface area contributed by atoms with Crippen LogP contribution >= 0.6 is 38.9 Å². The highest BCUT2D eigenvalue weighted by Crippen LogP contribution is 2.47. The van der Waals surface area contributed by atoms with Crippen molar-refractivity contribution in [3.8, 4) is 21.1 Å². The minimum absolute atomic E-state index is 0.463. The molecule has 3 nitrogen and oxygen atoms in total. The monoisotopic (exact) mass is 435 g/mol. The normalized spacial score (nSPS) is 12.0. The third kappa shape index (κ3) is 3.10. The third-order valence-electron chi connectivity index (χ3n) is 3.34. The molecule has 24 heavy (non-hydrogen) atoms. The molecule has 0 N–H and O–H groups in total. The molecule has 0 aliphatic rings. The Hall–Kier alpha value is -1.38. The first kappa shape index (κ1) is 17.4. The van der Waals surface area contributed by atoms with Crippen molar-refractivity contribution in [2.24, 2.45) is 7.05 Å². The molecule has 3 rings (SSSR count). The molecule has 0 unspecified atom stereocenters. The summed E-state index contributed by atoms with van der Waals surface area (Å²) in [5.41, 5.74) is -0.0407. The van der Waals surface area contributed by atoms with Crippen LogP contribution < -0.4 is 0 Å². The minimum atomic E-state index is -4.36. The van der Waals surface area contributed by atoms with Gasteiger partial charge in [0.2, 0.25) is 0 Å². The van der Waals surface area contributed by atoms with Gasteiger partial charge in [-0.3, -0.25) is 0 Å². The lowest BCUT2D eigenvalue weighted by atomic mass is 10.1. The Morgan fingerprint density at radius 1 is 1.17 bits per heavy atom. The summed E-state index contributed by atoms with van der Waals surface area (Å²) in [6, 6.07) is 4.98. The fourth-order valence-electron chi connectivity index (χ4n) is 2.24. The molecule has 126 valence electrons. The maximum absolute atomic E-state index is 12.7. The van der Waals surface area contributed by atoms with Crippen LogP contribution in [0.2, 0.25) is 5.02 Å². The number of aromatic nitrogens is 3. The average molecular weight is 437 g/mol. The molecule has 2 aromatic heterocycles. The molecule has 0 fully saturated rings. The number of halogens is 5. The highest BCUT2D eigenvalue weighted by Gasteiger charge is 2.30. The molecule has 0 saturated carbocycles. The fourth-order valence-corrected chi connectivity index (χ4v) is 4.50. The van der Waals surface area contributed by atoms with Gasteiger partial charge in [0, 0.05) is 7.05 Å². The van der Waals surface area contributed by atoms with Gasteiger partial charge in [-0.25, -0.2) is 9.67 Å². The first-order valence-electron chi connectivity index (χ1n) is 6.72. The van der Waals surface area contributed by atoms with Crippen LogP contribution in [0.25, 0.3) is 21.1 Å². The van der Waals surface area contributed by atoms with Gasteiger partial charge in [-0.1, -0.05) is 23.7 Å².